The van der Waals surface area contributed by atoms with E-state index in [2.05, 4.69) is 28.6 Å². The molecular weight excluding hydrogens is 286 g/mol. The maximum absolute atomic E-state index is 10.6. The summed E-state index contributed by atoms with van der Waals surface area (Å²) >= 11 is 8.92. The zero-order chi connectivity index (χ0) is 10.3. The predicted molar refractivity (Wildman–Crippen MR) is 63.4 cm³/mol. The zero-order valence-corrected chi connectivity index (χ0v) is 10.0. The minimum absolute atomic E-state index is 0.0511. The van der Waals surface area contributed by atoms with Gasteiger partial charge < -0.3 is 0 Å². The van der Waals surface area contributed by atoms with E-state index < -0.39 is 4.92 Å². The van der Waals surface area contributed by atoms with Crippen molar-refractivity contribution in [3.63, 3.8) is 0 Å². The molecule has 0 unspecified atom stereocenters. The van der Waals surface area contributed by atoms with Gasteiger partial charge in [0.05, 0.1) is 9.82 Å². The van der Waals surface area contributed by atoms with Gasteiger partial charge in [-0.3, -0.25) is 10.1 Å². The summed E-state index contributed by atoms with van der Waals surface area (Å²) in [4.78, 5) is 10.6. The van der Waals surface area contributed by atoms with Gasteiger partial charge in [0.1, 0.15) is 0 Å². The Balaban J connectivity index is 2.79. The van der Waals surface area contributed by atoms with Gasteiger partial charge in [-0.1, -0.05) is 0 Å². The van der Waals surface area contributed by atoms with E-state index in [1.807, 2.05) is 5.38 Å². The number of hydrogen-bond acceptors (Lipinski definition) is 4. The number of halogens is 1. The van der Waals surface area contributed by atoms with Crippen molar-refractivity contribution in [1.82, 2.24) is 0 Å². The quantitative estimate of drug-likeness (QED) is 0.492. The number of fused-ring (bicyclic) bond motifs is 1. The highest BCUT2D eigenvalue weighted by Crippen LogP contribution is 2.36. The Morgan fingerprint density at radius 3 is 2.86 bits per heavy atom. The van der Waals surface area contributed by atoms with Crippen LogP contribution in [0.2, 0.25) is 0 Å². The first-order valence-corrected chi connectivity index (χ1v) is 5.75. The van der Waals surface area contributed by atoms with E-state index in [9.17, 15) is 10.1 Å². The number of nitrogens with zero attached hydrogens (tertiary/aromatic N) is 1. The third-order valence-electron chi connectivity index (χ3n) is 1.82. The summed E-state index contributed by atoms with van der Waals surface area (Å²) in [6.07, 6.45) is 0. The van der Waals surface area contributed by atoms with Gasteiger partial charge in [0.25, 0.3) is 5.69 Å². The summed E-state index contributed by atoms with van der Waals surface area (Å²) in [5.41, 5.74) is 0.0511. The Morgan fingerprint density at radius 2 is 2.21 bits per heavy atom. The Morgan fingerprint density at radius 1 is 1.50 bits per heavy atom. The van der Waals surface area contributed by atoms with Crippen LogP contribution in [0.3, 0.4) is 0 Å². The van der Waals surface area contributed by atoms with Crippen molar-refractivity contribution < 1.29 is 4.92 Å². The molecule has 0 N–H and O–H groups in total. The molecule has 1 aromatic carbocycles. The van der Waals surface area contributed by atoms with E-state index in [1.54, 1.807) is 12.1 Å². The predicted octanol–water partition coefficient (Wildman–Crippen LogP) is 3.86. The molecule has 0 aliphatic carbocycles. The van der Waals surface area contributed by atoms with Crippen molar-refractivity contribution >= 4 is 55.7 Å². The molecule has 0 fully saturated rings. The van der Waals surface area contributed by atoms with E-state index >= 15 is 0 Å². The minimum atomic E-state index is -0.421. The van der Waals surface area contributed by atoms with Gasteiger partial charge in [-0.15, -0.1) is 24.0 Å². The van der Waals surface area contributed by atoms with Gasteiger partial charge in [0.2, 0.25) is 0 Å². The van der Waals surface area contributed by atoms with Gasteiger partial charge in [-0.25, -0.2) is 0 Å². The Labute approximate surface area is 97.4 Å². The third-order valence-corrected chi connectivity index (χ3v) is 4.08. The minimum Gasteiger partial charge on any atom is -0.258 e. The van der Waals surface area contributed by atoms with E-state index in [0.29, 0.717) is 4.90 Å². The van der Waals surface area contributed by atoms with Gasteiger partial charge >= 0.3 is 0 Å². The lowest BCUT2D eigenvalue weighted by Crippen LogP contribution is -1.88. The van der Waals surface area contributed by atoms with Crippen molar-refractivity contribution in [3.8, 4) is 0 Å². The molecule has 0 radical (unpaired) electrons. The molecule has 1 aromatic heterocycles. The molecule has 0 spiro atoms. The van der Waals surface area contributed by atoms with Gasteiger partial charge in [-0.05, 0) is 22.0 Å². The first-order chi connectivity index (χ1) is 6.59. The van der Waals surface area contributed by atoms with E-state index in [1.165, 1.54) is 11.3 Å². The normalized spacial score (nSPS) is 10.7. The number of nitro benzene ring substituents is 1. The third kappa shape index (κ3) is 1.53. The topological polar surface area (TPSA) is 43.1 Å². The van der Waals surface area contributed by atoms with Crippen LogP contribution in [0.15, 0.2) is 26.9 Å². The second kappa shape index (κ2) is 3.52. The van der Waals surface area contributed by atoms with Gasteiger partial charge in [-0.2, -0.15) is 0 Å². The lowest BCUT2D eigenvalue weighted by molar-refractivity contribution is -0.387. The second-order valence-electron chi connectivity index (χ2n) is 2.68. The lowest BCUT2D eigenvalue weighted by atomic mass is 10.2. The summed E-state index contributed by atoms with van der Waals surface area (Å²) in [6.45, 7) is 0. The molecule has 3 nitrogen and oxygen atoms in total. The highest BCUT2D eigenvalue weighted by atomic mass is 79.9. The molecule has 72 valence electrons. The standard InChI is InChI=1S/C8H4BrNO2S2/c9-5-3-14-8-2-6(10(11)12)7(13)1-4(5)8/h1-3,13H. The van der Waals surface area contributed by atoms with Crippen molar-refractivity contribution in [3.05, 3.63) is 32.1 Å². The van der Waals surface area contributed by atoms with Gasteiger partial charge in [0, 0.05) is 26.0 Å². The van der Waals surface area contributed by atoms with Crippen molar-refractivity contribution in [2.75, 3.05) is 0 Å². The van der Waals surface area contributed by atoms with E-state index in [0.717, 1.165) is 14.6 Å². The van der Waals surface area contributed by atoms with Crippen LogP contribution < -0.4 is 0 Å². The van der Waals surface area contributed by atoms with Gasteiger partial charge in [0.15, 0.2) is 0 Å². The molecule has 14 heavy (non-hydrogen) atoms. The molecule has 0 bridgehead atoms. The molecule has 0 aliphatic rings. The molecule has 2 rings (SSSR count). The summed E-state index contributed by atoms with van der Waals surface area (Å²) in [5.74, 6) is 0. The van der Waals surface area contributed by atoms with Crippen LogP contribution in [0, 0.1) is 10.1 Å². The number of thiol groups is 1. The highest BCUT2D eigenvalue weighted by molar-refractivity contribution is 9.10. The molecule has 0 saturated carbocycles. The summed E-state index contributed by atoms with van der Waals surface area (Å²) < 4.78 is 1.84. The molecule has 0 amide bonds. The lowest BCUT2D eigenvalue weighted by Gasteiger charge is -1.96. The maximum Gasteiger partial charge on any atom is 0.284 e. The summed E-state index contributed by atoms with van der Waals surface area (Å²) in [7, 11) is 0. The number of hydrogen-bond donors (Lipinski definition) is 1. The largest absolute Gasteiger partial charge is 0.284 e. The van der Waals surface area contributed by atoms with Crippen molar-refractivity contribution in [2.45, 2.75) is 4.90 Å². The maximum atomic E-state index is 10.6. The van der Waals surface area contributed by atoms with Crippen molar-refractivity contribution in [1.29, 1.82) is 0 Å². The molecular formula is C8H4BrNO2S2. The molecule has 6 heteroatoms. The van der Waals surface area contributed by atoms with Crippen LogP contribution in [-0.4, -0.2) is 4.92 Å². The molecule has 2 aromatic rings. The first-order valence-electron chi connectivity index (χ1n) is 3.63. The van der Waals surface area contributed by atoms with Crippen LogP contribution in [0.1, 0.15) is 0 Å². The number of nitro groups is 1. The van der Waals surface area contributed by atoms with Crippen LogP contribution >= 0.6 is 39.9 Å². The van der Waals surface area contributed by atoms with Crippen LogP contribution in [0.25, 0.3) is 10.1 Å². The summed E-state index contributed by atoms with van der Waals surface area (Å²) in [6, 6.07) is 3.25. The first kappa shape index (κ1) is 9.95. The smallest absolute Gasteiger partial charge is 0.258 e. The highest BCUT2D eigenvalue weighted by Gasteiger charge is 2.14. The molecule has 0 atom stereocenters. The number of rotatable bonds is 1. The molecule has 0 aliphatic heterocycles. The average molecular weight is 290 g/mol. The van der Waals surface area contributed by atoms with Crippen molar-refractivity contribution in [2.24, 2.45) is 0 Å². The van der Waals surface area contributed by atoms with Crippen LogP contribution in [-0.2, 0) is 0 Å². The summed E-state index contributed by atoms with van der Waals surface area (Å²) in [5, 5.41) is 13.5. The average Bonchev–Trinajstić information content (AvgIpc) is 2.46. The Bertz CT molecular complexity index is 523. The fourth-order valence-electron chi connectivity index (χ4n) is 1.17. The number of benzene rings is 1. The zero-order valence-electron chi connectivity index (χ0n) is 6.73. The Kier molecular flexibility index (Phi) is 2.50. The SMILES string of the molecule is O=[N+]([O-])c1cc2scc(Br)c2cc1S. The molecule has 0 saturated heterocycles. The van der Waals surface area contributed by atoms with E-state index in [-0.39, 0.29) is 5.69 Å². The fraction of sp³-hybridized carbons (Fsp3) is 0. The molecule has 1 heterocycles. The van der Waals surface area contributed by atoms with Crippen LogP contribution in [0.4, 0.5) is 5.69 Å². The Hall–Kier alpha value is -0.590. The van der Waals surface area contributed by atoms with Crippen LogP contribution in [0.5, 0.6) is 0 Å². The van der Waals surface area contributed by atoms with E-state index in [4.69, 9.17) is 0 Å². The monoisotopic (exact) mass is 289 g/mol. The fourth-order valence-corrected chi connectivity index (χ4v) is 3.01. The number of thiophene rings is 1. The second-order valence-corrected chi connectivity index (χ2v) is 4.93.